The zero-order valence-corrected chi connectivity index (χ0v) is 15.9. The first kappa shape index (κ1) is 18.7. The van der Waals surface area contributed by atoms with Crippen LogP contribution < -0.4 is 5.32 Å². The molecule has 0 spiro atoms. The lowest BCUT2D eigenvalue weighted by Gasteiger charge is -2.07. The molecule has 0 fully saturated rings. The van der Waals surface area contributed by atoms with Crippen molar-refractivity contribution in [2.75, 3.05) is 11.1 Å². The third-order valence-corrected chi connectivity index (χ3v) is 5.06. The van der Waals surface area contributed by atoms with E-state index < -0.39 is 5.82 Å². The predicted molar refractivity (Wildman–Crippen MR) is 102 cm³/mol. The number of aromatic nitrogens is 3. The first-order valence-corrected chi connectivity index (χ1v) is 9.21. The number of thioether (sulfide) groups is 1. The van der Waals surface area contributed by atoms with E-state index in [1.54, 1.807) is 16.7 Å². The molecule has 26 heavy (non-hydrogen) atoms. The van der Waals surface area contributed by atoms with Crippen LogP contribution in [0.5, 0.6) is 0 Å². The summed E-state index contributed by atoms with van der Waals surface area (Å²) in [6, 6.07) is 11.0. The molecule has 1 heterocycles. The van der Waals surface area contributed by atoms with Gasteiger partial charge in [0.25, 0.3) is 0 Å². The van der Waals surface area contributed by atoms with E-state index in [0.29, 0.717) is 21.7 Å². The molecule has 1 amide bonds. The molecule has 134 valence electrons. The summed E-state index contributed by atoms with van der Waals surface area (Å²) in [6.45, 7) is 0. The lowest BCUT2D eigenvalue weighted by Crippen LogP contribution is -2.14. The highest BCUT2D eigenvalue weighted by atomic mass is 35.5. The molecule has 0 atom stereocenters. The van der Waals surface area contributed by atoms with Gasteiger partial charge in [0.1, 0.15) is 5.82 Å². The van der Waals surface area contributed by atoms with Crippen molar-refractivity contribution in [1.82, 2.24) is 14.8 Å². The fourth-order valence-electron chi connectivity index (χ4n) is 2.20. The number of benzene rings is 2. The third-order valence-electron chi connectivity index (χ3n) is 3.47. The zero-order valence-electron chi connectivity index (χ0n) is 13.5. The number of hydrogen-bond donors (Lipinski definition) is 1. The van der Waals surface area contributed by atoms with Gasteiger partial charge < -0.3 is 9.88 Å². The van der Waals surface area contributed by atoms with Crippen LogP contribution in [0.3, 0.4) is 0 Å². The Morgan fingerprint density at radius 1 is 1.19 bits per heavy atom. The van der Waals surface area contributed by atoms with Crippen LogP contribution >= 0.6 is 35.0 Å². The minimum Gasteiger partial charge on any atom is -0.324 e. The maximum Gasteiger partial charge on any atom is 0.234 e. The maximum atomic E-state index is 13.0. The minimum absolute atomic E-state index is 0.111. The van der Waals surface area contributed by atoms with Gasteiger partial charge in [-0.3, -0.25) is 4.79 Å². The van der Waals surface area contributed by atoms with Crippen molar-refractivity contribution < 1.29 is 9.18 Å². The van der Waals surface area contributed by atoms with Gasteiger partial charge >= 0.3 is 0 Å². The number of anilines is 1. The molecule has 0 radical (unpaired) electrons. The quantitative estimate of drug-likeness (QED) is 0.621. The fraction of sp³-hybridized carbons (Fsp3) is 0.118. The fourth-order valence-corrected chi connectivity index (χ4v) is 3.25. The summed E-state index contributed by atoms with van der Waals surface area (Å²) < 4.78 is 14.8. The summed E-state index contributed by atoms with van der Waals surface area (Å²) in [5, 5.41) is 12.3. The average molecular weight is 411 g/mol. The van der Waals surface area contributed by atoms with Crippen molar-refractivity contribution in [3.63, 3.8) is 0 Å². The molecular formula is C17H13Cl2FN4OS. The number of halogens is 3. The van der Waals surface area contributed by atoms with Crippen LogP contribution in [-0.4, -0.2) is 26.4 Å². The van der Waals surface area contributed by atoms with E-state index in [0.717, 1.165) is 11.6 Å². The molecule has 3 aromatic rings. The molecular weight excluding hydrogens is 398 g/mol. The normalized spacial score (nSPS) is 10.8. The summed E-state index contributed by atoms with van der Waals surface area (Å²) in [5.74, 6) is 0.0437. The monoisotopic (exact) mass is 410 g/mol. The van der Waals surface area contributed by atoms with Crippen molar-refractivity contribution in [3.05, 3.63) is 58.3 Å². The SMILES string of the molecule is Cn1c(SCC(=O)Nc2ccc(F)cc2Cl)nnc1-c1ccc(Cl)cc1. The Morgan fingerprint density at radius 3 is 2.62 bits per heavy atom. The number of rotatable bonds is 5. The second kappa shape index (κ2) is 8.07. The van der Waals surface area contributed by atoms with E-state index in [2.05, 4.69) is 15.5 Å². The molecule has 0 aliphatic heterocycles. The summed E-state index contributed by atoms with van der Waals surface area (Å²) in [7, 11) is 1.82. The van der Waals surface area contributed by atoms with E-state index in [-0.39, 0.29) is 16.7 Å². The van der Waals surface area contributed by atoms with Crippen LogP contribution in [0, 0.1) is 5.82 Å². The second-order valence-electron chi connectivity index (χ2n) is 5.33. The van der Waals surface area contributed by atoms with Gasteiger partial charge in [-0.1, -0.05) is 35.0 Å². The number of nitrogens with one attached hydrogen (secondary N) is 1. The summed E-state index contributed by atoms with van der Waals surface area (Å²) >= 11 is 13.0. The van der Waals surface area contributed by atoms with Gasteiger partial charge in [-0.25, -0.2) is 4.39 Å². The number of hydrogen-bond acceptors (Lipinski definition) is 4. The van der Waals surface area contributed by atoms with Crippen LogP contribution in [0.1, 0.15) is 0 Å². The van der Waals surface area contributed by atoms with Crippen molar-refractivity contribution in [1.29, 1.82) is 0 Å². The molecule has 0 unspecified atom stereocenters. The molecule has 0 bridgehead atoms. The van der Waals surface area contributed by atoms with Crippen LogP contribution in [0.4, 0.5) is 10.1 Å². The Balaban J connectivity index is 1.64. The van der Waals surface area contributed by atoms with Gasteiger partial charge in [0, 0.05) is 17.6 Å². The summed E-state index contributed by atoms with van der Waals surface area (Å²) in [5.41, 5.74) is 1.23. The highest BCUT2D eigenvalue weighted by Gasteiger charge is 2.14. The first-order chi connectivity index (χ1) is 12.4. The van der Waals surface area contributed by atoms with Crippen LogP contribution in [0.15, 0.2) is 47.6 Å². The van der Waals surface area contributed by atoms with Crippen LogP contribution in [0.25, 0.3) is 11.4 Å². The van der Waals surface area contributed by atoms with E-state index >= 15 is 0 Å². The van der Waals surface area contributed by atoms with Crippen LogP contribution in [0.2, 0.25) is 10.0 Å². The Morgan fingerprint density at radius 2 is 1.92 bits per heavy atom. The molecule has 2 aromatic carbocycles. The van der Waals surface area contributed by atoms with Crippen molar-refractivity contribution in [2.45, 2.75) is 5.16 Å². The topological polar surface area (TPSA) is 59.8 Å². The predicted octanol–water partition coefficient (Wildman–Crippen LogP) is 4.66. The lowest BCUT2D eigenvalue weighted by molar-refractivity contribution is -0.113. The summed E-state index contributed by atoms with van der Waals surface area (Å²) in [4.78, 5) is 12.1. The Hall–Kier alpha value is -2.09. The van der Waals surface area contributed by atoms with E-state index in [9.17, 15) is 9.18 Å². The van der Waals surface area contributed by atoms with Crippen molar-refractivity contribution in [3.8, 4) is 11.4 Å². The highest BCUT2D eigenvalue weighted by Crippen LogP contribution is 2.25. The lowest BCUT2D eigenvalue weighted by atomic mass is 10.2. The molecule has 1 N–H and O–H groups in total. The van der Waals surface area contributed by atoms with Gasteiger partial charge in [0.05, 0.1) is 16.5 Å². The standard InChI is InChI=1S/C17H13Cl2FN4OS/c1-24-16(10-2-4-11(18)5-3-10)22-23-17(24)26-9-15(25)21-14-7-6-12(20)8-13(14)19/h2-8H,9H2,1H3,(H,21,25). The van der Waals surface area contributed by atoms with Crippen LogP contribution in [-0.2, 0) is 11.8 Å². The van der Waals surface area contributed by atoms with Crippen molar-refractivity contribution in [2.24, 2.45) is 7.05 Å². The molecule has 0 aliphatic carbocycles. The van der Waals surface area contributed by atoms with E-state index in [4.69, 9.17) is 23.2 Å². The zero-order chi connectivity index (χ0) is 18.7. The van der Waals surface area contributed by atoms with E-state index in [1.807, 2.05) is 19.2 Å². The van der Waals surface area contributed by atoms with Gasteiger partial charge in [-0.15, -0.1) is 10.2 Å². The largest absolute Gasteiger partial charge is 0.324 e. The molecule has 9 heteroatoms. The number of carbonyl (C=O) groups excluding carboxylic acids is 1. The number of carbonyl (C=O) groups is 1. The smallest absolute Gasteiger partial charge is 0.234 e. The third kappa shape index (κ3) is 4.35. The molecule has 0 saturated heterocycles. The van der Waals surface area contributed by atoms with Gasteiger partial charge in [-0.05, 0) is 42.5 Å². The van der Waals surface area contributed by atoms with Gasteiger partial charge in [0.15, 0.2) is 11.0 Å². The number of amides is 1. The molecule has 1 aromatic heterocycles. The van der Waals surface area contributed by atoms with Crippen molar-refractivity contribution >= 4 is 46.6 Å². The second-order valence-corrected chi connectivity index (χ2v) is 7.12. The molecule has 3 rings (SSSR count). The maximum absolute atomic E-state index is 13.0. The van der Waals surface area contributed by atoms with Gasteiger partial charge in [-0.2, -0.15) is 0 Å². The first-order valence-electron chi connectivity index (χ1n) is 7.47. The molecule has 0 aliphatic rings. The number of nitrogens with zero attached hydrogens (tertiary/aromatic N) is 3. The highest BCUT2D eigenvalue weighted by molar-refractivity contribution is 7.99. The molecule has 5 nitrogen and oxygen atoms in total. The Labute approximate surface area is 163 Å². The van der Waals surface area contributed by atoms with E-state index in [1.165, 1.54) is 23.9 Å². The Bertz CT molecular complexity index is 946. The minimum atomic E-state index is -0.462. The van der Waals surface area contributed by atoms with Gasteiger partial charge in [0.2, 0.25) is 5.91 Å². The molecule has 0 saturated carbocycles. The Kier molecular flexibility index (Phi) is 5.80. The summed E-state index contributed by atoms with van der Waals surface area (Å²) in [6.07, 6.45) is 0. The average Bonchev–Trinajstić information content (AvgIpc) is 2.97.